The van der Waals surface area contributed by atoms with Crippen molar-refractivity contribution in [2.24, 2.45) is 0 Å². The van der Waals surface area contributed by atoms with Crippen LogP contribution in [0.2, 0.25) is 0 Å². The Morgan fingerprint density at radius 1 is 1.10 bits per heavy atom. The molecule has 30 heavy (non-hydrogen) atoms. The topological polar surface area (TPSA) is 141 Å². The van der Waals surface area contributed by atoms with Crippen LogP contribution in [0, 0.1) is 0 Å². The number of ether oxygens (including phenoxy) is 1. The Hall–Kier alpha value is -2.89. The molecule has 2 aromatic rings. The van der Waals surface area contributed by atoms with Crippen LogP contribution >= 0.6 is 0 Å². The van der Waals surface area contributed by atoms with E-state index in [2.05, 4.69) is 15.6 Å². The number of benzene rings is 1. The molecule has 1 aliphatic heterocycles. The molecule has 10 nitrogen and oxygen atoms in total. The van der Waals surface area contributed by atoms with Crippen molar-refractivity contribution in [2.45, 2.75) is 11.3 Å². The lowest BCUT2D eigenvalue weighted by molar-refractivity contribution is 0.0730. The van der Waals surface area contributed by atoms with E-state index in [4.69, 9.17) is 4.74 Å². The van der Waals surface area contributed by atoms with Crippen LogP contribution in [0.15, 0.2) is 41.4 Å². The number of aromatic hydroxyl groups is 1. The molecule has 0 radical (unpaired) electrons. The number of phenolic OH excluding ortho intramolecular Hbond substituents is 1. The van der Waals surface area contributed by atoms with Gasteiger partial charge in [0, 0.05) is 37.9 Å². The van der Waals surface area contributed by atoms with E-state index in [1.165, 1.54) is 28.7 Å². The lowest BCUT2D eigenvalue weighted by atomic mass is 10.2. The number of rotatable bonds is 8. The summed E-state index contributed by atoms with van der Waals surface area (Å²) in [5.74, 6) is -0.742. The van der Waals surface area contributed by atoms with Crippen molar-refractivity contribution in [3.05, 3.63) is 47.8 Å². The van der Waals surface area contributed by atoms with Gasteiger partial charge in [0.1, 0.15) is 16.3 Å². The van der Waals surface area contributed by atoms with Crippen molar-refractivity contribution >= 4 is 21.8 Å². The molecule has 0 saturated carbocycles. The highest BCUT2D eigenvalue weighted by atomic mass is 32.2. The van der Waals surface area contributed by atoms with Crippen LogP contribution in [0.1, 0.15) is 27.3 Å². The summed E-state index contributed by atoms with van der Waals surface area (Å²) in [6.07, 6.45) is 1.78. The van der Waals surface area contributed by atoms with Gasteiger partial charge in [-0.25, -0.2) is 8.42 Å². The second kappa shape index (κ2) is 9.74. The smallest absolute Gasteiger partial charge is 0.267 e. The first kappa shape index (κ1) is 21.8. The van der Waals surface area contributed by atoms with Crippen molar-refractivity contribution in [2.75, 3.05) is 39.4 Å². The summed E-state index contributed by atoms with van der Waals surface area (Å²) in [5, 5.41) is 14.8. The fourth-order valence-electron chi connectivity index (χ4n) is 2.93. The Morgan fingerprint density at radius 2 is 1.80 bits per heavy atom. The van der Waals surface area contributed by atoms with Gasteiger partial charge in [0.05, 0.1) is 13.2 Å². The van der Waals surface area contributed by atoms with Crippen LogP contribution in [-0.2, 0) is 14.8 Å². The molecule has 1 fully saturated rings. The van der Waals surface area contributed by atoms with Gasteiger partial charge >= 0.3 is 0 Å². The lowest BCUT2D eigenvalue weighted by Crippen LogP contribution is -2.40. The highest BCUT2D eigenvalue weighted by Gasteiger charge is 2.27. The summed E-state index contributed by atoms with van der Waals surface area (Å²) in [6, 6.07) is 7.32. The molecule has 0 unspecified atom stereocenters. The molecule has 0 atom stereocenters. The maximum atomic E-state index is 12.6. The van der Waals surface area contributed by atoms with Crippen LogP contribution in [0.4, 0.5) is 0 Å². The fraction of sp³-hybridized carbons (Fsp3) is 0.368. The molecule has 1 aromatic carbocycles. The highest BCUT2D eigenvalue weighted by molar-refractivity contribution is 7.89. The van der Waals surface area contributed by atoms with Gasteiger partial charge < -0.3 is 25.5 Å². The number of aromatic nitrogens is 1. The van der Waals surface area contributed by atoms with Gasteiger partial charge in [0.25, 0.3) is 11.8 Å². The Bertz CT molecular complexity index is 998. The average Bonchev–Trinajstić information content (AvgIpc) is 3.25. The predicted molar refractivity (Wildman–Crippen MR) is 108 cm³/mol. The van der Waals surface area contributed by atoms with Gasteiger partial charge in [-0.1, -0.05) is 6.07 Å². The third-order valence-corrected chi connectivity index (χ3v) is 6.42. The Kier molecular flexibility index (Phi) is 7.08. The summed E-state index contributed by atoms with van der Waals surface area (Å²) in [5.41, 5.74) is 0.491. The molecule has 2 heterocycles. The first-order chi connectivity index (χ1) is 14.4. The molecular weight excluding hydrogens is 412 g/mol. The minimum Gasteiger partial charge on any atom is -0.508 e. The third kappa shape index (κ3) is 5.38. The van der Waals surface area contributed by atoms with Crippen molar-refractivity contribution in [3.63, 3.8) is 0 Å². The van der Waals surface area contributed by atoms with E-state index >= 15 is 0 Å². The normalized spacial score (nSPS) is 14.9. The minimum atomic E-state index is -3.67. The number of nitrogens with one attached hydrogen (secondary N) is 3. The molecule has 1 aliphatic rings. The number of H-pyrrole nitrogens is 1. The molecule has 4 N–H and O–H groups in total. The summed E-state index contributed by atoms with van der Waals surface area (Å²) in [6.45, 7) is 1.88. The molecular formula is C19H24N4O6S. The Labute approximate surface area is 174 Å². The van der Waals surface area contributed by atoms with E-state index in [-0.39, 0.29) is 35.3 Å². The molecule has 11 heteroatoms. The van der Waals surface area contributed by atoms with Crippen molar-refractivity contribution in [1.82, 2.24) is 19.9 Å². The van der Waals surface area contributed by atoms with E-state index in [0.29, 0.717) is 38.3 Å². The van der Waals surface area contributed by atoms with Crippen LogP contribution < -0.4 is 10.6 Å². The number of amides is 2. The van der Waals surface area contributed by atoms with Gasteiger partial charge in [-0.2, -0.15) is 4.31 Å². The number of phenols is 1. The highest BCUT2D eigenvalue weighted by Crippen LogP contribution is 2.18. The molecule has 2 amide bonds. The fourth-order valence-corrected chi connectivity index (χ4v) is 4.33. The van der Waals surface area contributed by atoms with E-state index in [9.17, 15) is 23.1 Å². The zero-order chi connectivity index (χ0) is 21.6. The maximum Gasteiger partial charge on any atom is 0.267 e. The number of morpholine rings is 1. The van der Waals surface area contributed by atoms with Crippen LogP contribution in [0.5, 0.6) is 5.75 Å². The SMILES string of the molecule is O=C(NCCCNC(=O)c1cc(S(=O)(=O)N2CCOCC2)c[nH]1)c1cccc(O)c1. The number of aromatic amines is 1. The van der Waals surface area contributed by atoms with Crippen LogP contribution in [-0.4, -0.2) is 74.0 Å². The molecule has 1 saturated heterocycles. The zero-order valence-corrected chi connectivity index (χ0v) is 17.1. The first-order valence-electron chi connectivity index (χ1n) is 9.49. The second-order valence-corrected chi connectivity index (χ2v) is 8.62. The van der Waals surface area contributed by atoms with E-state index < -0.39 is 15.9 Å². The van der Waals surface area contributed by atoms with Crippen LogP contribution in [0.3, 0.4) is 0 Å². The predicted octanol–water partition coefficient (Wildman–Crippen LogP) is 0.291. The monoisotopic (exact) mass is 436 g/mol. The average molecular weight is 436 g/mol. The molecule has 3 rings (SSSR count). The molecule has 1 aromatic heterocycles. The Morgan fingerprint density at radius 3 is 2.50 bits per heavy atom. The molecule has 162 valence electrons. The molecule has 0 aliphatic carbocycles. The summed E-state index contributed by atoms with van der Waals surface area (Å²) in [4.78, 5) is 26.9. The van der Waals surface area contributed by atoms with Crippen molar-refractivity contribution in [1.29, 1.82) is 0 Å². The van der Waals surface area contributed by atoms with Gasteiger partial charge in [-0.15, -0.1) is 0 Å². The largest absolute Gasteiger partial charge is 0.508 e. The number of sulfonamides is 1. The van der Waals surface area contributed by atoms with Gasteiger partial charge in [-0.3, -0.25) is 9.59 Å². The number of carbonyl (C=O) groups is 2. The maximum absolute atomic E-state index is 12.6. The third-order valence-electron chi connectivity index (χ3n) is 4.54. The van der Waals surface area contributed by atoms with E-state index in [1.807, 2.05) is 0 Å². The zero-order valence-electron chi connectivity index (χ0n) is 16.3. The van der Waals surface area contributed by atoms with Gasteiger partial charge in [-0.05, 0) is 30.7 Å². The number of nitrogens with zero attached hydrogens (tertiary/aromatic N) is 1. The van der Waals surface area contributed by atoms with E-state index in [0.717, 1.165) is 0 Å². The Balaban J connectivity index is 1.44. The number of hydrogen-bond acceptors (Lipinski definition) is 6. The number of hydrogen-bond donors (Lipinski definition) is 4. The number of carbonyl (C=O) groups excluding carboxylic acids is 2. The summed E-state index contributed by atoms with van der Waals surface area (Å²) in [7, 11) is -3.67. The van der Waals surface area contributed by atoms with Gasteiger partial charge in [0.15, 0.2) is 0 Å². The van der Waals surface area contributed by atoms with Crippen LogP contribution in [0.25, 0.3) is 0 Å². The van der Waals surface area contributed by atoms with E-state index in [1.54, 1.807) is 12.1 Å². The summed E-state index contributed by atoms with van der Waals surface area (Å²) >= 11 is 0. The second-order valence-electron chi connectivity index (χ2n) is 6.68. The van der Waals surface area contributed by atoms with Crippen molar-refractivity contribution in [3.8, 4) is 5.75 Å². The van der Waals surface area contributed by atoms with Gasteiger partial charge in [0.2, 0.25) is 10.0 Å². The molecule has 0 spiro atoms. The van der Waals surface area contributed by atoms with Crippen molar-refractivity contribution < 1.29 is 27.9 Å². The quantitative estimate of drug-likeness (QED) is 0.439. The standard InChI is InChI=1S/C19H24N4O6S/c24-15-4-1-3-14(11-15)18(25)20-5-2-6-21-19(26)17-12-16(13-22-17)30(27,28)23-7-9-29-10-8-23/h1,3-4,11-13,22,24H,2,5-10H2,(H,20,25)(H,21,26). The lowest BCUT2D eigenvalue weighted by Gasteiger charge is -2.25. The first-order valence-corrected chi connectivity index (χ1v) is 10.9. The molecule has 0 bridgehead atoms. The minimum absolute atomic E-state index is 0.0101. The summed E-state index contributed by atoms with van der Waals surface area (Å²) < 4.78 is 31.7.